The molecule has 0 spiro atoms. The summed E-state index contributed by atoms with van der Waals surface area (Å²) in [5.74, 6) is 2.56. The molecule has 147 valence electrons. The average Bonchev–Trinajstić information content (AvgIpc) is 2.73. The Bertz CT molecular complexity index is 897. The Labute approximate surface area is 165 Å². The summed E-state index contributed by atoms with van der Waals surface area (Å²) in [6.07, 6.45) is 2.19. The molecule has 0 aliphatic heterocycles. The Kier molecular flexibility index (Phi) is 6.14. The Morgan fingerprint density at radius 2 is 1.68 bits per heavy atom. The van der Waals surface area contributed by atoms with Crippen molar-refractivity contribution in [3.63, 3.8) is 0 Å². The van der Waals surface area contributed by atoms with Gasteiger partial charge in [0.25, 0.3) is 0 Å². The lowest BCUT2D eigenvalue weighted by Gasteiger charge is -2.24. The third-order valence-electron chi connectivity index (χ3n) is 4.68. The minimum atomic E-state index is 0.153. The Hall–Kier alpha value is -3.08. The Morgan fingerprint density at radius 1 is 0.929 bits per heavy atom. The molecule has 1 N–H and O–H groups in total. The van der Waals surface area contributed by atoms with E-state index >= 15 is 0 Å². The molecule has 0 heterocycles. The lowest BCUT2D eigenvalue weighted by Crippen LogP contribution is -2.10. The van der Waals surface area contributed by atoms with Gasteiger partial charge in [-0.2, -0.15) is 0 Å². The number of hydrogen-bond donors (Lipinski definition) is 1. The third-order valence-corrected chi connectivity index (χ3v) is 4.68. The van der Waals surface area contributed by atoms with Crippen molar-refractivity contribution in [1.82, 2.24) is 0 Å². The van der Waals surface area contributed by atoms with Crippen molar-refractivity contribution in [2.24, 2.45) is 0 Å². The molecule has 0 fully saturated rings. The Morgan fingerprint density at radius 3 is 2.32 bits per heavy atom. The molecule has 28 heavy (non-hydrogen) atoms. The van der Waals surface area contributed by atoms with Crippen LogP contribution in [0.25, 0.3) is 5.57 Å². The van der Waals surface area contributed by atoms with E-state index in [1.165, 1.54) is 0 Å². The van der Waals surface area contributed by atoms with Crippen molar-refractivity contribution < 1.29 is 24.1 Å². The highest BCUT2D eigenvalue weighted by Crippen LogP contribution is 2.41. The maximum atomic E-state index is 10.6. The predicted molar refractivity (Wildman–Crippen MR) is 108 cm³/mol. The topological polar surface area (TPSA) is 57.2 Å². The van der Waals surface area contributed by atoms with Gasteiger partial charge in [-0.1, -0.05) is 30.3 Å². The number of benzene rings is 2. The minimum absolute atomic E-state index is 0.153. The number of hydrogen-bond acceptors (Lipinski definition) is 5. The van der Waals surface area contributed by atoms with Gasteiger partial charge >= 0.3 is 0 Å². The summed E-state index contributed by atoms with van der Waals surface area (Å²) < 4.78 is 22.5. The van der Waals surface area contributed by atoms with Gasteiger partial charge in [-0.25, -0.2) is 0 Å². The second kappa shape index (κ2) is 8.74. The molecule has 5 heteroatoms. The van der Waals surface area contributed by atoms with Crippen LogP contribution in [0.2, 0.25) is 0 Å². The van der Waals surface area contributed by atoms with E-state index in [-0.39, 0.29) is 5.76 Å². The third kappa shape index (κ3) is 3.93. The second-order valence-electron chi connectivity index (χ2n) is 6.42. The Balaban J connectivity index is 2.03. The van der Waals surface area contributed by atoms with Crippen LogP contribution < -0.4 is 9.47 Å². The van der Waals surface area contributed by atoms with Crippen molar-refractivity contribution >= 4 is 5.57 Å². The number of aliphatic hydroxyl groups is 1. The van der Waals surface area contributed by atoms with E-state index in [1.807, 2.05) is 49.4 Å². The van der Waals surface area contributed by atoms with E-state index in [1.54, 1.807) is 27.8 Å². The summed E-state index contributed by atoms with van der Waals surface area (Å²) in [5, 5.41) is 10.6. The van der Waals surface area contributed by atoms with Crippen molar-refractivity contribution in [2.45, 2.75) is 20.0 Å². The van der Waals surface area contributed by atoms with Crippen LogP contribution in [0, 0.1) is 13.3 Å². The molecule has 0 saturated heterocycles. The molecule has 1 aliphatic carbocycles. The van der Waals surface area contributed by atoms with Crippen LogP contribution in [0.4, 0.5) is 0 Å². The zero-order valence-electron chi connectivity index (χ0n) is 16.6. The maximum Gasteiger partial charge on any atom is 0.167 e. The normalized spacial score (nSPS) is 14.1. The van der Waals surface area contributed by atoms with Crippen molar-refractivity contribution in [1.29, 1.82) is 0 Å². The summed E-state index contributed by atoms with van der Waals surface area (Å²) in [5.41, 5.74) is 3.35. The summed E-state index contributed by atoms with van der Waals surface area (Å²) in [4.78, 5) is 0. The van der Waals surface area contributed by atoms with E-state index in [2.05, 4.69) is 0 Å². The first-order valence-electron chi connectivity index (χ1n) is 9.02. The molecule has 0 atom stereocenters. The van der Waals surface area contributed by atoms with Crippen LogP contribution in [0.1, 0.15) is 23.1 Å². The van der Waals surface area contributed by atoms with E-state index in [9.17, 15) is 5.11 Å². The van der Waals surface area contributed by atoms with Crippen LogP contribution in [-0.4, -0.2) is 26.4 Å². The molecule has 0 aromatic heterocycles. The van der Waals surface area contributed by atoms with Gasteiger partial charge in [-0.3, -0.25) is 0 Å². The SMILES string of the molecule is COC1=C(OC)C(c2cc(OCc3ccccc3)c(OC)cc2C)=C(O)[CH]C1. The van der Waals surface area contributed by atoms with Gasteiger partial charge in [-0.05, 0) is 35.7 Å². The average molecular weight is 381 g/mol. The van der Waals surface area contributed by atoms with Crippen LogP contribution in [-0.2, 0) is 16.1 Å². The standard InChI is InChI=1S/C23H25O5/c1-15-12-20(26-3)21(28-14-16-8-6-5-7-9-16)13-17(15)22-18(24)10-11-19(25-2)23(22)27-4/h5-10,12-13,24H,11,14H2,1-4H3. The maximum absolute atomic E-state index is 10.6. The number of ether oxygens (including phenoxy) is 4. The monoisotopic (exact) mass is 381 g/mol. The van der Waals surface area contributed by atoms with Gasteiger partial charge in [0.1, 0.15) is 18.1 Å². The minimum Gasteiger partial charge on any atom is -0.511 e. The molecular formula is C23H25O5. The van der Waals surface area contributed by atoms with E-state index < -0.39 is 0 Å². The fraction of sp³-hybridized carbons (Fsp3) is 0.261. The van der Waals surface area contributed by atoms with Gasteiger partial charge in [0, 0.05) is 12.8 Å². The highest BCUT2D eigenvalue weighted by Gasteiger charge is 2.27. The molecular weight excluding hydrogens is 356 g/mol. The summed E-state index contributed by atoms with van der Waals surface area (Å²) in [6, 6.07) is 13.7. The number of aryl methyl sites for hydroxylation is 1. The summed E-state index contributed by atoms with van der Waals surface area (Å²) >= 11 is 0. The van der Waals surface area contributed by atoms with Gasteiger partial charge in [0.2, 0.25) is 0 Å². The lowest BCUT2D eigenvalue weighted by atomic mass is 9.91. The molecule has 3 rings (SSSR count). The first kappa shape index (κ1) is 19.7. The summed E-state index contributed by atoms with van der Waals surface area (Å²) in [7, 11) is 4.77. The number of aliphatic hydroxyl groups excluding tert-OH is 1. The molecule has 5 nitrogen and oxygen atoms in total. The van der Waals surface area contributed by atoms with E-state index in [0.29, 0.717) is 41.6 Å². The van der Waals surface area contributed by atoms with Gasteiger partial charge in [0.15, 0.2) is 17.3 Å². The van der Waals surface area contributed by atoms with Crippen LogP contribution in [0.3, 0.4) is 0 Å². The van der Waals surface area contributed by atoms with E-state index in [0.717, 1.165) is 16.7 Å². The zero-order chi connectivity index (χ0) is 20.1. The molecule has 0 saturated carbocycles. The molecule has 2 aromatic rings. The zero-order valence-corrected chi connectivity index (χ0v) is 16.6. The van der Waals surface area contributed by atoms with Gasteiger partial charge in [-0.15, -0.1) is 0 Å². The molecule has 1 aliphatic rings. The van der Waals surface area contributed by atoms with Gasteiger partial charge in [0.05, 0.1) is 26.9 Å². The van der Waals surface area contributed by atoms with Crippen LogP contribution >= 0.6 is 0 Å². The number of methoxy groups -OCH3 is 3. The van der Waals surface area contributed by atoms with Gasteiger partial charge < -0.3 is 24.1 Å². The van der Waals surface area contributed by atoms with Crippen molar-refractivity contribution in [3.8, 4) is 11.5 Å². The van der Waals surface area contributed by atoms with E-state index in [4.69, 9.17) is 18.9 Å². The quantitative estimate of drug-likeness (QED) is 0.734. The van der Waals surface area contributed by atoms with Crippen molar-refractivity contribution in [3.05, 3.63) is 82.9 Å². The molecule has 0 amide bonds. The largest absolute Gasteiger partial charge is 0.511 e. The first-order chi connectivity index (χ1) is 13.6. The first-order valence-corrected chi connectivity index (χ1v) is 9.02. The highest BCUT2D eigenvalue weighted by molar-refractivity contribution is 5.84. The number of allylic oxidation sites excluding steroid dienone is 3. The van der Waals surface area contributed by atoms with Crippen molar-refractivity contribution in [2.75, 3.05) is 21.3 Å². The lowest BCUT2D eigenvalue weighted by molar-refractivity contribution is 0.221. The second-order valence-corrected chi connectivity index (χ2v) is 6.42. The predicted octanol–water partition coefficient (Wildman–Crippen LogP) is 4.96. The smallest absolute Gasteiger partial charge is 0.167 e. The van der Waals surface area contributed by atoms with Crippen LogP contribution in [0.5, 0.6) is 11.5 Å². The summed E-state index contributed by atoms with van der Waals surface area (Å²) in [6.45, 7) is 2.36. The van der Waals surface area contributed by atoms with Crippen LogP contribution in [0.15, 0.2) is 59.7 Å². The molecule has 0 unspecified atom stereocenters. The molecule has 0 bridgehead atoms. The number of rotatable bonds is 7. The molecule has 2 aromatic carbocycles. The fourth-order valence-corrected chi connectivity index (χ4v) is 3.23. The molecule has 1 radical (unpaired) electrons. The fourth-order valence-electron chi connectivity index (χ4n) is 3.23. The highest BCUT2D eigenvalue weighted by atomic mass is 16.5.